The lowest BCUT2D eigenvalue weighted by Gasteiger charge is -2.09. The molecule has 0 heterocycles. The minimum absolute atomic E-state index is 0.108. The monoisotopic (exact) mass is 338 g/mol. The van der Waals surface area contributed by atoms with Gasteiger partial charge in [-0.25, -0.2) is 9.18 Å². The normalized spacial score (nSPS) is 10.6. The molecule has 0 atom stereocenters. The lowest BCUT2D eigenvalue weighted by atomic mass is 10.0. The van der Waals surface area contributed by atoms with E-state index in [0.29, 0.717) is 5.56 Å². The predicted octanol–water partition coefficient (Wildman–Crippen LogP) is 6.10. The van der Waals surface area contributed by atoms with Crippen LogP contribution in [0.4, 0.5) is 13.6 Å². The van der Waals surface area contributed by atoms with Crippen LogP contribution in [0.15, 0.2) is 36.4 Å². The SMILES string of the molecule is CCCCCc1ccc(-c2ccc(OC(=O)Cl)c(F)c2F)cc1. The Morgan fingerprint density at radius 3 is 2.35 bits per heavy atom. The van der Waals surface area contributed by atoms with Crippen molar-refractivity contribution < 1.29 is 18.3 Å². The van der Waals surface area contributed by atoms with Crippen molar-refractivity contribution in [3.05, 3.63) is 53.6 Å². The molecule has 5 heteroatoms. The standard InChI is InChI=1S/C18H17ClF2O2/c1-2-3-4-5-12-6-8-13(9-7-12)14-10-11-15(23-18(19)22)17(21)16(14)20/h6-11H,2-5H2,1H3. The van der Waals surface area contributed by atoms with Gasteiger partial charge in [-0.3, -0.25) is 0 Å². The number of benzene rings is 2. The summed E-state index contributed by atoms with van der Waals surface area (Å²) < 4.78 is 32.4. The molecule has 0 aliphatic heterocycles. The maximum absolute atomic E-state index is 14.1. The minimum atomic E-state index is -1.23. The number of hydrogen-bond donors (Lipinski definition) is 0. The lowest BCUT2D eigenvalue weighted by molar-refractivity contribution is 0.223. The molecule has 23 heavy (non-hydrogen) atoms. The number of rotatable bonds is 6. The Hall–Kier alpha value is -1.94. The minimum Gasteiger partial charge on any atom is -0.411 e. The summed E-state index contributed by atoms with van der Waals surface area (Å²) in [7, 11) is 0. The van der Waals surface area contributed by atoms with Crippen molar-refractivity contribution in [1.82, 2.24) is 0 Å². The number of aryl methyl sites for hydroxylation is 1. The van der Waals surface area contributed by atoms with E-state index in [4.69, 9.17) is 11.6 Å². The van der Waals surface area contributed by atoms with E-state index in [1.54, 1.807) is 12.1 Å². The number of carbonyl (C=O) groups excluding carboxylic acids is 1. The number of carbonyl (C=O) groups is 1. The van der Waals surface area contributed by atoms with Crippen LogP contribution >= 0.6 is 11.6 Å². The average molecular weight is 339 g/mol. The molecule has 0 fully saturated rings. The van der Waals surface area contributed by atoms with Gasteiger partial charge in [-0.1, -0.05) is 44.0 Å². The van der Waals surface area contributed by atoms with E-state index in [-0.39, 0.29) is 5.56 Å². The second-order valence-electron chi connectivity index (χ2n) is 5.23. The second-order valence-corrected chi connectivity index (χ2v) is 5.54. The van der Waals surface area contributed by atoms with Crippen molar-refractivity contribution >= 4 is 17.0 Å². The summed E-state index contributed by atoms with van der Waals surface area (Å²) >= 11 is 5.01. The van der Waals surface area contributed by atoms with E-state index in [2.05, 4.69) is 11.7 Å². The van der Waals surface area contributed by atoms with Gasteiger partial charge in [0.15, 0.2) is 11.6 Å². The largest absolute Gasteiger partial charge is 0.411 e. The van der Waals surface area contributed by atoms with Crippen molar-refractivity contribution in [1.29, 1.82) is 0 Å². The quantitative estimate of drug-likeness (QED) is 0.469. The Labute approximate surface area is 139 Å². The smallest absolute Gasteiger partial charge is 0.409 e. The van der Waals surface area contributed by atoms with Crippen molar-refractivity contribution in [2.75, 3.05) is 0 Å². The first-order valence-corrected chi connectivity index (χ1v) is 7.85. The zero-order valence-corrected chi connectivity index (χ0v) is 13.5. The summed E-state index contributed by atoms with van der Waals surface area (Å²) in [5, 5.41) is 0. The molecule has 0 aliphatic carbocycles. The van der Waals surface area contributed by atoms with Gasteiger partial charge in [0.1, 0.15) is 0 Å². The molecule has 0 bridgehead atoms. The van der Waals surface area contributed by atoms with E-state index in [0.717, 1.165) is 24.8 Å². The van der Waals surface area contributed by atoms with Crippen LogP contribution in [-0.4, -0.2) is 5.43 Å². The molecule has 2 rings (SSSR count). The first kappa shape index (κ1) is 17.4. The molecule has 0 radical (unpaired) electrons. The highest BCUT2D eigenvalue weighted by Crippen LogP contribution is 2.30. The van der Waals surface area contributed by atoms with Crippen molar-refractivity contribution in [2.24, 2.45) is 0 Å². The number of halogens is 3. The van der Waals surface area contributed by atoms with Crippen LogP contribution in [0.3, 0.4) is 0 Å². The molecule has 0 saturated heterocycles. The fraction of sp³-hybridized carbons (Fsp3) is 0.278. The lowest BCUT2D eigenvalue weighted by Crippen LogP contribution is -2.01. The van der Waals surface area contributed by atoms with E-state index >= 15 is 0 Å². The number of hydrogen-bond acceptors (Lipinski definition) is 2. The van der Waals surface area contributed by atoms with Crippen LogP contribution in [0.1, 0.15) is 31.7 Å². The Bertz CT molecular complexity index is 684. The molecule has 0 saturated carbocycles. The van der Waals surface area contributed by atoms with Crippen LogP contribution in [-0.2, 0) is 6.42 Å². The van der Waals surface area contributed by atoms with Gasteiger partial charge < -0.3 is 4.74 Å². The topological polar surface area (TPSA) is 26.3 Å². The summed E-state index contributed by atoms with van der Waals surface area (Å²) in [4.78, 5) is 10.6. The summed E-state index contributed by atoms with van der Waals surface area (Å²) in [6.45, 7) is 2.14. The van der Waals surface area contributed by atoms with Gasteiger partial charge in [0.25, 0.3) is 0 Å². The number of ether oxygens (including phenoxy) is 1. The van der Waals surface area contributed by atoms with Gasteiger partial charge in [-0.2, -0.15) is 4.39 Å². The summed E-state index contributed by atoms with van der Waals surface area (Å²) in [6, 6.07) is 9.88. The highest BCUT2D eigenvalue weighted by atomic mass is 35.5. The van der Waals surface area contributed by atoms with Gasteiger partial charge in [-0.05, 0) is 36.1 Å². The summed E-state index contributed by atoms with van der Waals surface area (Å²) in [5.74, 6) is -2.83. The highest BCUT2D eigenvalue weighted by molar-refractivity contribution is 6.61. The number of unbranched alkanes of at least 4 members (excludes halogenated alkanes) is 2. The van der Waals surface area contributed by atoms with Gasteiger partial charge in [-0.15, -0.1) is 0 Å². The second kappa shape index (κ2) is 8.06. The molecule has 0 unspecified atom stereocenters. The first-order valence-electron chi connectivity index (χ1n) is 7.47. The Morgan fingerprint density at radius 1 is 1.04 bits per heavy atom. The van der Waals surface area contributed by atoms with Crippen LogP contribution in [0, 0.1) is 11.6 Å². The van der Waals surface area contributed by atoms with Gasteiger partial charge in [0.05, 0.1) is 0 Å². The predicted molar refractivity (Wildman–Crippen MR) is 86.9 cm³/mol. The fourth-order valence-corrected chi connectivity index (χ4v) is 2.43. The molecule has 2 aromatic carbocycles. The third kappa shape index (κ3) is 4.52. The van der Waals surface area contributed by atoms with E-state index in [9.17, 15) is 13.6 Å². The molecular weight excluding hydrogens is 322 g/mol. The van der Waals surface area contributed by atoms with E-state index in [1.807, 2.05) is 12.1 Å². The third-order valence-electron chi connectivity index (χ3n) is 3.57. The zero-order valence-electron chi connectivity index (χ0n) is 12.7. The van der Waals surface area contributed by atoms with Crippen LogP contribution < -0.4 is 4.74 Å². The maximum Gasteiger partial charge on any atom is 0.409 e. The molecule has 0 aromatic heterocycles. The summed E-state index contributed by atoms with van der Waals surface area (Å²) in [6.07, 6.45) is 4.40. The van der Waals surface area contributed by atoms with Gasteiger partial charge >= 0.3 is 5.43 Å². The average Bonchev–Trinajstić information content (AvgIpc) is 2.53. The Balaban J connectivity index is 2.21. The Kier molecular flexibility index (Phi) is 6.11. The highest BCUT2D eigenvalue weighted by Gasteiger charge is 2.17. The van der Waals surface area contributed by atoms with Crippen LogP contribution in [0.2, 0.25) is 0 Å². The molecular formula is C18H17ClF2O2. The van der Waals surface area contributed by atoms with Crippen molar-refractivity contribution in [2.45, 2.75) is 32.6 Å². The maximum atomic E-state index is 14.1. The van der Waals surface area contributed by atoms with E-state index in [1.165, 1.54) is 18.6 Å². The Morgan fingerprint density at radius 2 is 1.74 bits per heavy atom. The van der Waals surface area contributed by atoms with E-state index < -0.39 is 22.8 Å². The molecule has 0 N–H and O–H groups in total. The van der Waals surface area contributed by atoms with Gasteiger partial charge in [0, 0.05) is 17.2 Å². The molecule has 2 nitrogen and oxygen atoms in total. The fourth-order valence-electron chi connectivity index (χ4n) is 2.35. The first-order chi connectivity index (χ1) is 11.0. The van der Waals surface area contributed by atoms with Crippen LogP contribution in [0.5, 0.6) is 5.75 Å². The zero-order chi connectivity index (χ0) is 16.8. The van der Waals surface area contributed by atoms with Crippen molar-refractivity contribution in [3.8, 4) is 16.9 Å². The molecule has 0 spiro atoms. The third-order valence-corrected chi connectivity index (χ3v) is 3.65. The summed E-state index contributed by atoms with van der Waals surface area (Å²) in [5.41, 5.74) is 0.615. The van der Waals surface area contributed by atoms with Gasteiger partial charge in [0.2, 0.25) is 5.82 Å². The van der Waals surface area contributed by atoms with Crippen LogP contribution in [0.25, 0.3) is 11.1 Å². The molecule has 122 valence electrons. The molecule has 2 aromatic rings. The van der Waals surface area contributed by atoms with Crippen molar-refractivity contribution in [3.63, 3.8) is 0 Å². The molecule has 0 aliphatic rings. The molecule has 0 amide bonds.